The molecule has 0 aliphatic carbocycles. The van der Waals surface area contributed by atoms with Gasteiger partial charge in [0.25, 0.3) is 0 Å². The Morgan fingerprint density at radius 1 is 1.09 bits per heavy atom. The molecule has 0 unspecified atom stereocenters. The third kappa shape index (κ3) is 4.34. The number of nitrogens with zero attached hydrogens (tertiary/aromatic N) is 1. The summed E-state index contributed by atoms with van der Waals surface area (Å²) >= 11 is 0. The number of guanidine groups is 1. The number of hydrogen-bond donors (Lipinski definition) is 3. The van der Waals surface area contributed by atoms with Crippen LogP contribution in [0.1, 0.15) is 27.0 Å². The van der Waals surface area contributed by atoms with Gasteiger partial charge in [0.2, 0.25) is 5.91 Å². The number of carbonyl (C=O) groups excluding carboxylic acids is 1. The summed E-state index contributed by atoms with van der Waals surface area (Å²) in [6.07, 6.45) is 0. The largest absolute Gasteiger partial charge is 0.370 e. The molecule has 5 N–H and O–H groups in total. The lowest BCUT2D eigenvalue weighted by Gasteiger charge is -2.08. The van der Waals surface area contributed by atoms with Crippen LogP contribution in [0.5, 0.6) is 0 Å². The fraction of sp³-hybridized carbons (Fsp3) is 0.176. The molecular formula is C17H20N4O. The Labute approximate surface area is 130 Å². The van der Waals surface area contributed by atoms with Gasteiger partial charge in [-0.05, 0) is 54.8 Å². The smallest absolute Gasteiger partial charge is 0.248 e. The molecule has 0 aromatic heterocycles. The number of nitrogens with one attached hydrogen (secondary N) is 1. The topological polar surface area (TPSA) is 93.5 Å². The van der Waals surface area contributed by atoms with Crippen LogP contribution in [-0.2, 0) is 6.54 Å². The van der Waals surface area contributed by atoms with E-state index in [1.807, 2.05) is 32.0 Å². The van der Waals surface area contributed by atoms with Crippen LogP contribution in [0.4, 0.5) is 5.69 Å². The van der Waals surface area contributed by atoms with Gasteiger partial charge in [-0.3, -0.25) is 4.79 Å². The zero-order chi connectivity index (χ0) is 16.1. The number of carbonyl (C=O) groups is 1. The van der Waals surface area contributed by atoms with Gasteiger partial charge in [0.1, 0.15) is 0 Å². The molecule has 1 amide bonds. The number of primary amides is 1. The Morgan fingerprint density at radius 2 is 1.77 bits per heavy atom. The Bertz CT molecular complexity index is 702. The first kappa shape index (κ1) is 15.6. The summed E-state index contributed by atoms with van der Waals surface area (Å²) in [5, 5.41) is 3.07. The fourth-order valence-corrected chi connectivity index (χ4v) is 2.23. The Kier molecular flexibility index (Phi) is 4.78. The molecule has 0 radical (unpaired) electrons. The highest BCUT2D eigenvalue weighted by Crippen LogP contribution is 2.13. The van der Waals surface area contributed by atoms with Crippen molar-refractivity contribution < 1.29 is 4.79 Å². The number of amides is 1. The molecule has 0 spiro atoms. The minimum absolute atomic E-state index is 0.328. The summed E-state index contributed by atoms with van der Waals surface area (Å²) in [5.74, 6) is -0.123. The van der Waals surface area contributed by atoms with Crippen LogP contribution < -0.4 is 16.8 Å². The average Bonchev–Trinajstić information content (AvgIpc) is 2.44. The van der Waals surface area contributed by atoms with E-state index in [1.54, 1.807) is 18.2 Å². The van der Waals surface area contributed by atoms with Crippen molar-refractivity contribution in [1.82, 2.24) is 0 Å². The number of nitrogens with two attached hydrogens (primary N) is 2. The van der Waals surface area contributed by atoms with E-state index in [2.05, 4.69) is 16.4 Å². The van der Waals surface area contributed by atoms with Gasteiger partial charge in [0, 0.05) is 11.3 Å². The molecule has 114 valence electrons. The molecule has 2 aromatic carbocycles. The fourth-order valence-electron chi connectivity index (χ4n) is 2.23. The highest BCUT2D eigenvalue weighted by Gasteiger charge is 2.02. The van der Waals surface area contributed by atoms with E-state index in [-0.39, 0.29) is 0 Å². The highest BCUT2D eigenvalue weighted by molar-refractivity contribution is 5.93. The Morgan fingerprint density at radius 3 is 2.41 bits per heavy atom. The van der Waals surface area contributed by atoms with E-state index < -0.39 is 5.91 Å². The number of hydrogen-bond acceptors (Lipinski definition) is 2. The van der Waals surface area contributed by atoms with Crippen molar-refractivity contribution in [3.8, 4) is 0 Å². The molecule has 0 aliphatic rings. The van der Waals surface area contributed by atoms with Gasteiger partial charge in [-0.1, -0.05) is 18.2 Å². The third-order valence-electron chi connectivity index (χ3n) is 3.14. The van der Waals surface area contributed by atoms with Gasteiger partial charge >= 0.3 is 0 Å². The summed E-state index contributed by atoms with van der Waals surface area (Å²) in [6.45, 7) is 4.44. The molecule has 5 nitrogen and oxygen atoms in total. The molecule has 0 atom stereocenters. The number of aliphatic imine (C=N–C) groups is 1. The molecule has 2 rings (SSSR count). The van der Waals surface area contributed by atoms with Crippen molar-refractivity contribution in [3.05, 3.63) is 64.7 Å². The minimum atomic E-state index is -0.452. The van der Waals surface area contributed by atoms with Crippen molar-refractivity contribution in [2.24, 2.45) is 16.5 Å². The maximum Gasteiger partial charge on any atom is 0.248 e. The van der Waals surface area contributed by atoms with Crippen molar-refractivity contribution in [2.45, 2.75) is 20.4 Å². The molecule has 0 aliphatic heterocycles. The van der Waals surface area contributed by atoms with Crippen LogP contribution in [0.25, 0.3) is 0 Å². The zero-order valence-corrected chi connectivity index (χ0v) is 12.8. The van der Waals surface area contributed by atoms with Gasteiger partial charge in [-0.15, -0.1) is 0 Å². The van der Waals surface area contributed by atoms with Crippen LogP contribution in [-0.4, -0.2) is 11.9 Å². The molecular weight excluding hydrogens is 276 g/mol. The lowest BCUT2D eigenvalue weighted by Crippen LogP contribution is -2.22. The number of benzene rings is 2. The van der Waals surface area contributed by atoms with Crippen LogP contribution in [0.15, 0.2) is 47.5 Å². The predicted octanol–water partition coefficient (Wildman–Crippen LogP) is 2.33. The summed E-state index contributed by atoms with van der Waals surface area (Å²) in [7, 11) is 0. The number of rotatable bonds is 4. The second kappa shape index (κ2) is 6.76. The van der Waals surface area contributed by atoms with Gasteiger partial charge in [-0.2, -0.15) is 0 Å². The maximum atomic E-state index is 11.1. The monoisotopic (exact) mass is 296 g/mol. The molecule has 0 saturated carbocycles. The van der Waals surface area contributed by atoms with Crippen LogP contribution in [0.2, 0.25) is 0 Å². The average molecular weight is 296 g/mol. The Balaban J connectivity index is 2.06. The molecule has 22 heavy (non-hydrogen) atoms. The third-order valence-corrected chi connectivity index (χ3v) is 3.14. The van der Waals surface area contributed by atoms with E-state index in [9.17, 15) is 4.79 Å². The number of anilines is 1. The first-order valence-corrected chi connectivity index (χ1v) is 6.98. The molecule has 0 heterocycles. The quantitative estimate of drug-likeness (QED) is 0.597. The lowest BCUT2D eigenvalue weighted by atomic mass is 10.1. The second-order valence-corrected chi connectivity index (χ2v) is 5.27. The van der Waals surface area contributed by atoms with E-state index in [1.165, 1.54) is 0 Å². The first-order chi connectivity index (χ1) is 10.4. The van der Waals surface area contributed by atoms with Gasteiger partial charge in [-0.25, -0.2) is 4.99 Å². The molecule has 0 fully saturated rings. The van der Waals surface area contributed by atoms with Gasteiger partial charge < -0.3 is 16.8 Å². The normalized spacial score (nSPS) is 11.3. The molecule has 0 saturated heterocycles. The molecule has 5 heteroatoms. The molecule has 2 aromatic rings. The minimum Gasteiger partial charge on any atom is -0.370 e. The highest BCUT2D eigenvalue weighted by atomic mass is 16.1. The molecule has 0 bridgehead atoms. The Hall–Kier alpha value is -2.82. The second-order valence-electron chi connectivity index (χ2n) is 5.27. The van der Waals surface area contributed by atoms with Crippen molar-refractivity contribution in [2.75, 3.05) is 5.32 Å². The van der Waals surface area contributed by atoms with Gasteiger partial charge in [0.05, 0.1) is 6.54 Å². The van der Waals surface area contributed by atoms with Crippen molar-refractivity contribution >= 4 is 17.6 Å². The van der Waals surface area contributed by atoms with E-state index >= 15 is 0 Å². The van der Waals surface area contributed by atoms with Crippen molar-refractivity contribution in [1.29, 1.82) is 0 Å². The SMILES string of the molecule is Cc1cc(C)cc(NC(N)=NCc2cccc(C(N)=O)c2)c1. The van der Waals surface area contributed by atoms with Crippen LogP contribution in [0, 0.1) is 13.8 Å². The van der Waals surface area contributed by atoms with Crippen molar-refractivity contribution in [3.63, 3.8) is 0 Å². The van der Waals surface area contributed by atoms with Crippen LogP contribution in [0.3, 0.4) is 0 Å². The van der Waals surface area contributed by atoms with Gasteiger partial charge in [0.15, 0.2) is 5.96 Å². The van der Waals surface area contributed by atoms with E-state index in [4.69, 9.17) is 11.5 Å². The summed E-state index contributed by atoms with van der Waals surface area (Å²) in [4.78, 5) is 15.4. The summed E-state index contributed by atoms with van der Waals surface area (Å²) in [6, 6.07) is 13.1. The van der Waals surface area contributed by atoms with E-state index in [0.717, 1.165) is 22.4 Å². The van der Waals surface area contributed by atoms with E-state index in [0.29, 0.717) is 18.1 Å². The predicted molar refractivity (Wildman–Crippen MR) is 89.8 cm³/mol. The summed E-state index contributed by atoms with van der Waals surface area (Å²) < 4.78 is 0. The zero-order valence-electron chi connectivity index (χ0n) is 12.8. The lowest BCUT2D eigenvalue weighted by molar-refractivity contribution is 0.1000. The standard InChI is InChI=1S/C17H20N4O/c1-11-6-12(2)8-15(7-11)21-17(19)20-10-13-4-3-5-14(9-13)16(18)22/h3-9H,10H2,1-2H3,(H2,18,22)(H3,19,20,21). The number of aryl methyl sites for hydroxylation is 2. The maximum absolute atomic E-state index is 11.1. The first-order valence-electron chi connectivity index (χ1n) is 6.98. The summed E-state index contributed by atoms with van der Waals surface area (Å²) in [5.41, 5.74) is 15.7. The van der Waals surface area contributed by atoms with Crippen LogP contribution >= 0.6 is 0 Å².